The average molecular weight is 393 g/mol. The highest BCUT2D eigenvalue weighted by Gasteiger charge is 2.27. The number of hydrogen-bond donors (Lipinski definition) is 3. The number of H-pyrrole nitrogens is 2. The SMILES string of the molecule is Cc1cc(=O)[nH]c(N2CCC(NC(=O)C(=O)c3c(C)[nH]c4ccccc34)CC2)n1. The Morgan fingerprint density at radius 1 is 1.14 bits per heavy atom. The number of piperidine rings is 1. The van der Waals surface area contributed by atoms with Crippen LogP contribution in [0.15, 0.2) is 35.1 Å². The van der Waals surface area contributed by atoms with Crippen molar-refractivity contribution >= 4 is 28.5 Å². The second-order valence-electron chi connectivity index (χ2n) is 7.44. The maximum Gasteiger partial charge on any atom is 0.292 e. The highest BCUT2D eigenvalue weighted by atomic mass is 16.2. The molecule has 1 fully saturated rings. The van der Waals surface area contributed by atoms with Gasteiger partial charge in [0, 0.05) is 47.5 Å². The molecule has 3 aromatic rings. The molecule has 1 aliphatic rings. The first kappa shape index (κ1) is 18.9. The van der Waals surface area contributed by atoms with E-state index in [4.69, 9.17) is 0 Å². The Kier molecular flexibility index (Phi) is 4.92. The van der Waals surface area contributed by atoms with Crippen LogP contribution in [0.2, 0.25) is 0 Å². The van der Waals surface area contributed by atoms with Crippen molar-refractivity contribution in [3.8, 4) is 0 Å². The lowest BCUT2D eigenvalue weighted by Crippen LogP contribution is -2.47. The van der Waals surface area contributed by atoms with Gasteiger partial charge in [0.2, 0.25) is 5.95 Å². The minimum Gasteiger partial charge on any atom is -0.358 e. The molecular weight excluding hydrogens is 370 g/mol. The van der Waals surface area contributed by atoms with E-state index >= 15 is 0 Å². The summed E-state index contributed by atoms with van der Waals surface area (Å²) in [5.74, 6) is -0.560. The van der Waals surface area contributed by atoms with Gasteiger partial charge in [-0.25, -0.2) is 4.98 Å². The van der Waals surface area contributed by atoms with Gasteiger partial charge in [0.25, 0.3) is 17.2 Å². The molecule has 3 N–H and O–H groups in total. The number of aromatic amines is 2. The molecule has 0 radical (unpaired) electrons. The summed E-state index contributed by atoms with van der Waals surface area (Å²) in [5.41, 5.74) is 2.45. The Bertz CT molecular complexity index is 1140. The number of rotatable bonds is 4. The Hall–Kier alpha value is -3.42. The van der Waals surface area contributed by atoms with Gasteiger partial charge < -0.3 is 15.2 Å². The van der Waals surface area contributed by atoms with E-state index in [0.717, 1.165) is 10.9 Å². The Balaban J connectivity index is 1.41. The van der Waals surface area contributed by atoms with Crippen LogP contribution >= 0.6 is 0 Å². The van der Waals surface area contributed by atoms with Crippen LogP contribution in [0.5, 0.6) is 0 Å². The Morgan fingerprint density at radius 3 is 2.59 bits per heavy atom. The topological polar surface area (TPSA) is 111 Å². The number of Topliss-reactive ketones (excluding diaryl/α,β-unsaturated/α-hetero) is 1. The van der Waals surface area contributed by atoms with E-state index in [2.05, 4.69) is 20.3 Å². The monoisotopic (exact) mass is 393 g/mol. The van der Waals surface area contributed by atoms with Crippen LogP contribution in [0, 0.1) is 13.8 Å². The van der Waals surface area contributed by atoms with Gasteiger partial charge in [-0.3, -0.25) is 19.4 Å². The van der Waals surface area contributed by atoms with Crippen molar-refractivity contribution in [3.63, 3.8) is 0 Å². The van der Waals surface area contributed by atoms with Crippen molar-refractivity contribution in [2.24, 2.45) is 0 Å². The van der Waals surface area contributed by atoms with E-state index < -0.39 is 11.7 Å². The van der Waals surface area contributed by atoms with Gasteiger partial charge in [-0.15, -0.1) is 0 Å². The van der Waals surface area contributed by atoms with Crippen molar-refractivity contribution in [1.29, 1.82) is 0 Å². The van der Waals surface area contributed by atoms with Crippen LogP contribution in [0.3, 0.4) is 0 Å². The lowest BCUT2D eigenvalue weighted by atomic mass is 10.0. The van der Waals surface area contributed by atoms with Gasteiger partial charge in [0.1, 0.15) is 0 Å². The fraction of sp³-hybridized carbons (Fsp3) is 0.333. The molecule has 3 heterocycles. The summed E-state index contributed by atoms with van der Waals surface area (Å²) in [6.07, 6.45) is 1.34. The maximum atomic E-state index is 12.8. The lowest BCUT2D eigenvalue weighted by molar-refractivity contribution is -0.117. The zero-order valence-electron chi connectivity index (χ0n) is 16.4. The van der Waals surface area contributed by atoms with Crippen LogP contribution in [0.1, 0.15) is 34.6 Å². The molecule has 0 unspecified atom stereocenters. The summed E-state index contributed by atoms with van der Waals surface area (Å²) in [6.45, 7) is 4.86. The number of hydrogen-bond acceptors (Lipinski definition) is 5. The number of benzene rings is 1. The molecule has 0 bridgehead atoms. The number of carbonyl (C=O) groups is 2. The summed E-state index contributed by atoms with van der Waals surface area (Å²) in [7, 11) is 0. The number of para-hydroxylation sites is 1. The van der Waals surface area contributed by atoms with Crippen LogP contribution in [0.25, 0.3) is 10.9 Å². The number of fused-ring (bicyclic) bond motifs is 1. The summed E-state index contributed by atoms with van der Waals surface area (Å²) >= 11 is 0. The Morgan fingerprint density at radius 2 is 1.86 bits per heavy atom. The fourth-order valence-corrected chi connectivity index (χ4v) is 3.88. The molecule has 1 saturated heterocycles. The van der Waals surface area contributed by atoms with Crippen molar-refractivity contribution in [2.45, 2.75) is 32.7 Å². The van der Waals surface area contributed by atoms with Crippen molar-refractivity contribution in [1.82, 2.24) is 20.3 Å². The van der Waals surface area contributed by atoms with E-state index in [1.54, 1.807) is 13.8 Å². The molecule has 0 aliphatic carbocycles. The molecule has 0 saturated carbocycles. The van der Waals surface area contributed by atoms with Gasteiger partial charge in [-0.1, -0.05) is 18.2 Å². The number of anilines is 1. The molecule has 1 amide bonds. The van der Waals surface area contributed by atoms with E-state index in [-0.39, 0.29) is 11.6 Å². The molecule has 150 valence electrons. The highest BCUT2D eigenvalue weighted by Crippen LogP contribution is 2.23. The molecule has 29 heavy (non-hydrogen) atoms. The van der Waals surface area contributed by atoms with Gasteiger partial charge in [-0.05, 0) is 32.8 Å². The summed E-state index contributed by atoms with van der Waals surface area (Å²) in [6, 6.07) is 8.82. The maximum absolute atomic E-state index is 12.8. The fourth-order valence-electron chi connectivity index (χ4n) is 3.88. The van der Waals surface area contributed by atoms with E-state index in [1.165, 1.54) is 6.07 Å². The van der Waals surface area contributed by atoms with E-state index in [9.17, 15) is 14.4 Å². The van der Waals surface area contributed by atoms with E-state index in [1.807, 2.05) is 29.2 Å². The first-order chi connectivity index (χ1) is 13.9. The standard InChI is InChI=1S/C21H23N5O3/c1-12-11-17(27)25-21(22-12)26-9-7-14(8-10-26)24-20(29)19(28)18-13(2)23-16-6-4-3-5-15(16)18/h3-6,11,14,23H,7-10H2,1-2H3,(H,24,29)(H,22,25,27). The van der Waals surface area contributed by atoms with E-state index in [0.29, 0.717) is 48.8 Å². The summed E-state index contributed by atoms with van der Waals surface area (Å²) in [5, 5.41) is 3.63. The minimum atomic E-state index is -0.585. The number of nitrogens with zero attached hydrogens (tertiary/aromatic N) is 2. The quantitative estimate of drug-likeness (QED) is 0.463. The molecule has 1 aliphatic heterocycles. The summed E-state index contributed by atoms with van der Waals surface area (Å²) in [4.78, 5) is 49.3. The number of amides is 1. The third-order valence-corrected chi connectivity index (χ3v) is 5.31. The van der Waals surface area contributed by atoms with Gasteiger partial charge >= 0.3 is 0 Å². The van der Waals surface area contributed by atoms with Gasteiger partial charge in [0.05, 0.1) is 5.56 Å². The van der Waals surface area contributed by atoms with Crippen LogP contribution < -0.4 is 15.8 Å². The third-order valence-electron chi connectivity index (χ3n) is 5.31. The molecule has 0 atom stereocenters. The van der Waals surface area contributed by atoms with Crippen LogP contribution in [0.4, 0.5) is 5.95 Å². The number of nitrogens with one attached hydrogen (secondary N) is 3. The zero-order valence-corrected chi connectivity index (χ0v) is 16.4. The molecule has 0 spiro atoms. The Labute approximate surface area is 167 Å². The van der Waals surface area contributed by atoms with Crippen molar-refractivity contribution < 1.29 is 9.59 Å². The molecule has 1 aromatic carbocycles. The third kappa shape index (κ3) is 3.78. The number of aryl methyl sites for hydroxylation is 2. The second kappa shape index (κ2) is 7.54. The predicted molar refractivity (Wildman–Crippen MR) is 110 cm³/mol. The van der Waals surface area contributed by atoms with Gasteiger partial charge in [-0.2, -0.15) is 0 Å². The smallest absolute Gasteiger partial charge is 0.292 e. The first-order valence-electron chi connectivity index (χ1n) is 9.68. The highest BCUT2D eigenvalue weighted by molar-refractivity contribution is 6.45. The summed E-state index contributed by atoms with van der Waals surface area (Å²) < 4.78 is 0. The molecule has 2 aromatic heterocycles. The van der Waals surface area contributed by atoms with Crippen LogP contribution in [-0.2, 0) is 4.79 Å². The largest absolute Gasteiger partial charge is 0.358 e. The van der Waals surface area contributed by atoms with Crippen molar-refractivity contribution in [3.05, 3.63) is 57.6 Å². The predicted octanol–water partition coefficient (Wildman–Crippen LogP) is 1.84. The number of carbonyl (C=O) groups excluding carboxylic acids is 2. The molecular formula is C21H23N5O3. The van der Waals surface area contributed by atoms with Gasteiger partial charge in [0.15, 0.2) is 0 Å². The average Bonchev–Trinajstić information content (AvgIpc) is 3.02. The lowest BCUT2D eigenvalue weighted by Gasteiger charge is -2.32. The van der Waals surface area contributed by atoms with Crippen LogP contribution in [-0.4, -0.2) is 45.8 Å². The number of ketones is 1. The minimum absolute atomic E-state index is 0.0928. The van der Waals surface area contributed by atoms with Crippen molar-refractivity contribution in [2.75, 3.05) is 18.0 Å². The number of aromatic nitrogens is 3. The molecule has 8 nitrogen and oxygen atoms in total. The normalized spacial score (nSPS) is 14.9. The zero-order chi connectivity index (χ0) is 20.5. The molecule has 4 rings (SSSR count). The first-order valence-corrected chi connectivity index (χ1v) is 9.68. The second-order valence-corrected chi connectivity index (χ2v) is 7.44. The molecule has 8 heteroatoms.